The van der Waals surface area contributed by atoms with Gasteiger partial charge in [-0.1, -0.05) is 34.1 Å². The summed E-state index contributed by atoms with van der Waals surface area (Å²) in [5.41, 5.74) is 0.810. The van der Waals surface area contributed by atoms with E-state index in [0.29, 0.717) is 22.4 Å². The maximum atomic E-state index is 12.5. The van der Waals surface area contributed by atoms with Crippen LogP contribution in [-0.4, -0.2) is 11.7 Å². The molecule has 0 saturated heterocycles. The van der Waals surface area contributed by atoms with E-state index in [9.17, 15) is 9.59 Å². The van der Waals surface area contributed by atoms with Gasteiger partial charge in [0, 0.05) is 15.4 Å². The molecule has 0 unspecified atom stereocenters. The van der Waals surface area contributed by atoms with Crippen molar-refractivity contribution in [2.75, 3.05) is 5.32 Å². The molecular weight excluding hydrogens is 398 g/mol. The van der Waals surface area contributed by atoms with Crippen molar-refractivity contribution in [2.45, 2.75) is 26.4 Å². The van der Waals surface area contributed by atoms with Crippen molar-refractivity contribution in [3.63, 3.8) is 0 Å². The molecule has 0 radical (unpaired) electrons. The second-order valence-electron chi connectivity index (χ2n) is 6.80. The highest BCUT2D eigenvalue weighted by atomic mass is 79.9. The first-order chi connectivity index (χ1) is 12.2. The summed E-state index contributed by atoms with van der Waals surface area (Å²) in [7, 11) is 0. The topological polar surface area (TPSA) is 68.5 Å². The Morgan fingerprint density at radius 2 is 1.81 bits per heavy atom. The number of benzene rings is 2. The van der Waals surface area contributed by atoms with E-state index in [1.807, 2.05) is 12.1 Å². The van der Waals surface area contributed by atoms with Crippen molar-refractivity contribution in [1.29, 1.82) is 0 Å². The molecule has 0 aliphatic heterocycles. The summed E-state index contributed by atoms with van der Waals surface area (Å²) in [6.07, 6.45) is -0.585. The number of rotatable bonds is 2. The molecule has 0 saturated carbocycles. The van der Waals surface area contributed by atoms with Crippen LogP contribution in [0.3, 0.4) is 0 Å². The van der Waals surface area contributed by atoms with Crippen LogP contribution in [0.2, 0.25) is 0 Å². The molecule has 1 heterocycles. The fourth-order valence-electron chi connectivity index (χ4n) is 2.52. The molecule has 6 heteroatoms. The average Bonchev–Trinajstić information content (AvgIpc) is 2.53. The number of nitrogens with one attached hydrogen (secondary N) is 1. The lowest BCUT2D eigenvalue weighted by Gasteiger charge is -2.20. The molecule has 2 aromatic carbocycles. The largest absolute Gasteiger partial charge is 0.444 e. The number of carbonyl (C=O) groups excluding carboxylic acids is 1. The highest BCUT2D eigenvalue weighted by Crippen LogP contribution is 2.29. The molecule has 134 valence electrons. The van der Waals surface area contributed by atoms with E-state index < -0.39 is 17.3 Å². The van der Waals surface area contributed by atoms with Gasteiger partial charge in [0.15, 0.2) is 0 Å². The molecule has 1 amide bonds. The molecule has 0 spiro atoms. The molecule has 26 heavy (non-hydrogen) atoms. The highest BCUT2D eigenvalue weighted by Gasteiger charge is 2.18. The first-order valence-corrected chi connectivity index (χ1v) is 8.85. The Kier molecular flexibility index (Phi) is 4.87. The van der Waals surface area contributed by atoms with Crippen LogP contribution >= 0.6 is 15.9 Å². The maximum Gasteiger partial charge on any atom is 0.412 e. The molecule has 5 nitrogen and oxygen atoms in total. The third-order valence-electron chi connectivity index (χ3n) is 3.55. The van der Waals surface area contributed by atoms with E-state index in [0.717, 1.165) is 9.86 Å². The number of hydrogen-bond donors (Lipinski definition) is 1. The summed E-state index contributed by atoms with van der Waals surface area (Å²) in [4.78, 5) is 24.6. The molecule has 1 aromatic heterocycles. The minimum absolute atomic E-state index is 0.363. The SMILES string of the molecule is CC(C)(C)OC(=O)Nc1ccccc1-c1cc2cc(Br)ccc2oc1=O. The number of hydrogen-bond acceptors (Lipinski definition) is 4. The van der Waals surface area contributed by atoms with Gasteiger partial charge in [0.05, 0.1) is 11.3 Å². The summed E-state index contributed by atoms with van der Waals surface area (Å²) in [5, 5.41) is 3.48. The Morgan fingerprint density at radius 3 is 2.54 bits per heavy atom. The molecule has 1 N–H and O–H groups in total. The third kappa shape index (κ3) is 4.14. The molecule has 3 aromatic rings. The van der Waals surface area contributed by atoms with Crippen molar-refractivity contribution in [3.8, 4) is 11.1 Å². The van der Waals surface area contributed by atoms with Gasteiger partial charge in [0.2, 0.25) is 0 Å². The summed E-state index contributed by atoms with van der Waals surface area (Å²) in [6, 6.07) is 14.2. The molecule has 3 rings (SSSR count). The van der Waals surface area contributed by atoms with E-state index in [-0.39, 0.29) is 0 Å². The van der Waals surface area contributed by atoms with E-state index in [1.165, 1.54) is 0 Å². The Morgan fingerprint density at radius 1 is 1.08 bits per heavy atom. The van der Waals surface area contributed by atoms with Gasteiger partial charge in [0.25, 0.3) is 0 Å². The first-order valence-electron chi connectivity index (χ1n) is 8.06. The van der Waals surface area contributed by atoms with Crippen LogP contribution in [0, 0.1) is 0 Å². The van der Waals surface area contributed by atoms with Gasteiger partial charge in [0.1, 0.15) is 11.2 Å². The summed E-state index contributed by atoms with van der Waals surface area (Å²) in [6.45, 7) is 5.36. The number of para-hydroxylation sites is 1. The highest BCUT2D eigenvalue weighted by molar-refractivity contribution is 9.10. The zero-order valence-electron chi connectivity index (χ0n) is 14.6. The number of fused-ring (bicyclic) bond motifs is 1. The number of halogens is 1. The zero-order chi connectivity index (χ0) is 18.9. The van der Waals surface area contributed by atoms with E-state index >= 15 is 0 Å². The van der Waals surface area contributed by atoms with Crippen molar-refractivity contribution in [3.05, 3.63) is 63.4 Å². The average molecular weight is 416 g/mol. The monoisotopic (exact) mass is 415 g/mol. The van der Waals surface area contributed by atoms with Crippen LogP contribution in [0.5, 0.6) is 0 Å². The minimum Gasteiger partial charge on any atom is -0.444 e. The van der Waals surface area contributed by atoms with Crippen LogP contribution in [0.1, 0.15) is 20.8 Å². The van der Waals surface area contributed by atoms with E-state index in [2.05, 4.69) is 21.2 Å². The van der Waals surface area contributed by atoms with Gasteiger partial charge in [-0.2, -0.15) is 0 Å². The van der Waals surface area contributed by atoms with Gasteiger partial charge in [-0.25, -0.2) is 9.59 Å². The Balaban J connectivity index is 2.05. The lowest BCUT2D eigenvalue weighted by Crippen LogP contribution is -2.27. The number of anilines is 1. The molecule has 0 fully saturated rings. The van der Waals surface area contributed by atoms with Crippen LogP contribution in [-0.2, 0) is 4.74 Å². The van der Waals surface area contributed by atoms with Gasteiger partial charge >= 0.3 is 11.7 Å². The van der Waals surface area contributed by atoms with Gasteiger partial charge < -0.3 is 9.15 Å². The van der Waals surface area contributed by atoms with Gasteiger partial charge in [-0.05, 0) is 51.1 Å². The van der Waals surface area contributed by atoms with Crippen LogP contribution in [0.15, 0.2) is 62.2 Å². The Bertz CT molecular complexity index is 1030. The van der Waals surface area contributed by atoms with Crippen LogP contribution in [0.4, 0.5) is 10.5 Å². The normalized spacial score (nSPS) is 11.4. The molecular formula is C20H18BrNO4. The Labute approximate surface area is 159 Å². The fraction of sp³-hybridized carbons (Fsp3) is 0.200. The number of ether oxygens (including phenoxy) is 1. The predicted molar refractivity (Wildman–Crippen MR) is 105 cm³/mol. The Hall–Kier alpha value is -2.60. The predicted octanol–water partition coefficient (Wildman–Crippen LogP) is 5.57. The maximum absolute atomic E-state index is 12.5. The first kappa shape index (κ1) is 18.2. The van der Waals surface area contributed by atoms with Crippen molar-refractivity contribution in [1.82, 2.24) is 0 Å². The molecule has 0 aliphatic carbocycles. The molecule has 0 bridgehead atoms. The minimum atomic E-state index is -0.618. The second kappa shape index (κ2) is 6.96. The van der Waals surface area contributed by atoms with Crippen molar-refractivity contribution >= 4 is 38.7 Å². The lowest BCUT2D eigenvalue weighted by molar-refractivity contribution is 0.0636. The van der Waals surface area contributed by atoms with Gasteiger partial charge in [-0.15, -0.1) is 0 Å². The van der Waals surface area contributed by atoms with Crippen molar-refractivity contribution < 1.29 is 13.9 Å². The van der Waals surface area contributed by atoms with E-state index in [4.69, 9.17) is 9.15 Å². The number of amides is 1. The number of carbonyl (C=O) groups is 1. The van der Waals surface area contributed by atoms with Crippen LogP contribution < -0.4 is 10.9 Å². The summed E-state index contributed by atoms with van der Waals surface area (Å²) >= 11 is 3.41. The van der Waals surface area contributed by atoms with Gasteiger partial charge in [-0.3, -0.25) is 5.32 Å². The van der Waals surface area contributed by atoms with Crippen LogP contribution in [0.25, 0.3) is 22.1 Å². The lowest BCUT2D eigenvalue weighted by atomic mass is 10.0. The standard InChI is InChI=1S/C20H18BrNO4/c1-20(2,3)26-19(24)22-16-7-5-4-6-14(16)15-11-12-10-13(21)8-9-17(12)25-18(15)23/h4-11H,1-3H3,(H,22,24). The zero-order valence-corrected chi connectivity index (χ0v) is 16.2. The third-order valence-corrected chi connectivity index (χ3v) is 4.04. The fourth-order valence-corrected chi connectivity index (χ4v) is 2.90. The van der Waals surface area contributed by atoms with Crippen molar-refractivity contribution in [2.24, 2.45) is 0 Å². The van der Waals surface area contributed by atoms with E-state index in [1.54, 1.807) is 57.2 Å². The summed E-state index contributed by atoms with van der Waals surface area (Å²) in [5.74, 6) is 0. The summed E-state index contributed by atoms with van der Waals surface area (Å²) < 4.78 is 11.6. The second-order valence-corrected chi connectivity index (χ2v) is 7.72. The quantitative estimate of drug-likeness (QED) is 0.555. The molecule has 0 aliphatic rings. The molecule has 0 atom stereocenters. The smallest absolute Gasteiger partial charge is 0.412 e.